The highest BCUT2D eigenvalue weighted by molar-refractivity contribution is 7.89. The van der Waals surface area contributed by atoms with Crippen molar-refractivity contribution < 1.29 is 21.6 Å². The van der Waals surface area contributed by atoms with Crippen LogP contribution in [-0.2, 0) is 20.0 Å². The molecule has 0 aliphatic carbocycles. The lowest BCUT2D eigenvalue weighted by atomic mass is 10.0. The molecule has 202 valence electrons. The average Bonchev–Trinajstić information content (AvgIpc) is 3.45. The first kappa shape index (κ1) is 27.1. The van der Waals surface area contributed by atoms with Crippen molar-refractivity contribution in [3.63, 3.8) is 0 Å². The van der Waals surface area contributed by atoms with Crippen LogP contribution in [0.1, 0.15) is 51.4 Å². The summed E-state index contributed by atoms with van der Waals surface area (Å²) in [6.45, 7) is 0.387. The van der Waals surface area contributed by atoms with Gasteiger partial charge in [-0.1, -0.05) is 29.3 Å². The van der Waals surface area contributed by atoms with Gasteiger partial charge in [0.1, 0.15) is 16.7 Å². The Kier molecular flexibility index (Phi) is 8.06. The van der Waals surface area contributed by atoms with E-state index < -0.39 is 20.0 Å². The molecule has 5 rings (SSSR count). The van der Waals surface area contributed by atoms with Gasteiger partial charge in [-0.15, -0.1) is 0 Å². The second-order valence-electron chi connectivity index (χ2n) is 10.0. The van der Waals surface area contributed by atoms with Gasteiger partial charge in [0.25, 0.3) is 0 Å². The fraction of sp³-hybridized carbons (Fsp3) is 0.560. The topological polar surface area (TPSA) is 96.9 Å². The lowest BCUT2D eigenvalue weighted by molar-refractivity contribution is 0.0956. The molecule has 0 unspecified atom stereocenters. The van der Waals surface area contributed by atoms with Crippen LogP contribution in [-0.4, -0.2) is 67.0 Å². The fourth-order valence-corrected chi connectivity index (χ4v) is 10.6. The number of hydrogen-bond acceptors (Lipinski definition) is 6. The van der Waals surface area contributed by atoms with Crippen molar-refractivity contribution in [2.24, 2.45) is 0 Å². The molecule has 0 N–H and O–H groups in total. The Hall–Kier alpha value is -1.43. The van der Waals surface area contributed by atoms with Crippen LogP contribution >= 0.6 is 23.2 Å². The summed E-state index contributed by atoms with van der Waals surface area (Å²) in [5, 5.41) is 0.207. The largest absolute Gasteiger partial charge is 0.490 e. The Morgan fingerprint density at radius 3 is 2.38 bits per heavy atom. The molecule has 2 bridgehead atoms. The Labute approximate surface area is 229 Å². The van der Waals surface area contributed by atoms with Gasteiger partial charge < -0.3 is 4.74 Å². The van der Waals surface area contributed by atoms with Crippen LogP contribution in [0, 0.1) is 0 Å². The standard InChI is InChI=1S/C25H31Cl2N3O5S2/c26-23-6-1-7-24(25(23)27)37(33,34)29-14-2-4-18(29)5-3-15-36(31,32)30-19-8-9-20(30)17-22(16-19)35-21-10-12-28-13-11-21/h1,6-7,10-13,18-20,22H,2-5,8-9,14-17H2/t18-,19-,20+,22-/m0/s1. The molecule has 3 aliphatic rings. The summed E-state index contributed by atoms with van der Waals surface area (Å²) in [6, 6.07) is 7.85. The highest BCUT2D eigenvalue weighted by Gasteiger charge is 2.47. The number of nitrogens with zero attached hydrogens (tertiary/aromatic N) is 3. The zero-order valence-corrected chi connectivity index (χ0v) is 23.5. The number of piperidine rings is 1. The molecule has 4 heterocycles. The number of sulfonamides is 2. The van der Waals surface area contributed by atoms with E-state index >= 15 is 0 Å². The van der Waals surface area contributed by atoms with Gasteiger partial charge in [-0.05, 0) is 62.8 Å². The number of aromatic nitrogens is 1. The summed E-state index contributed by atoms with van der Waals surface area (Å²) in [7, 11) is -7.29. The third kappa shape index (κ3) is 5.65. The number of fused-ring (bicyclic) bond motifs is 2. The van der Waals surface area contributed by atoms with Crippen LogP contribution in [0.5, 0.6) is 5.75 Å². The average molecular weight is 589 g/mol. The van der Waals surface area contributed by atoms with Crippen molar-refractivity contribution in [2.75, 3.05) is 12.3 Å². The minimum atomic E-state index is -3.83. The molecule has 0 radical (unpaired) electrons. The third-order valence-corrected chi connectivity index (χ3v) is 12.6. The van der Waals surface area contributed by atoms with Crippen LogP contribution in [0.3, 0.4) is 0 Å². The maximum Gasteiger partial charge on any atom is 0.244 e. The SMILES string of the molecule is O=S(=O)(CCC[C@@H]1CCCN1S(=O)(=O)c1cccc(Cl)c1Cl)N1[C@@H]2CC[C@H]1C[C@H](Oc1ccncc1)C2. The molecular weight excluding hydrogens is 557 g/mol. The van der Waals surface area contributed by atoms with E-state index in [-0.39, 0.29) is 44.9 Å². The van der Waals surface area contributed by atoms with Gasteiger partial charge in [0, 0.05) is 49.9 Å². The number of benzene rings is 1. The van der Waals surface area contributed by atoms with E-state index in [4.69, 9.17) is 27.9 Å². The highest BCUT2D eigenvalue weighted by Crippen LogP contribution is 2.40. The van der Waals surface area contributed by atoms with E-state index in [0.717, 1.165) is 25.0 Å². The molecule has 0 saturated carbocycles. The molecule has 0 amide bonds. The number of pyridine rings is 1. The zero-order chi connectivity index (χ0) is 26.2. The van der Waals surface area contributed by atoms with Crippen LogP contribution in [0.4, 0.5) is 0 Å². The molecule has 1 aromatic carbocycles. The van der Waals surface area contributed by atoms with Crippen LogP contribution in [0.15, 0.2) is 47.6 Å². The molecule has 8 nitrogen and oxygen atoms in total. The summed E-state index contributed by atoms with van der Waals surface area (Å²) >= 11 is 12.3. The van der Waals surface area contributed by atoms with Crippen LogP contribution in [0.2, 0.25) is 10.0 Å². The normalized spacial score (nSPS) is 27.0. The summed E-state index contributed by atoms with van der Waals surface area (Å²) in [4.78, 5) is 4.00. The molecule has 1 aromatic heterocycles. The number of hydrogen-bond donors (Lipinski definition) is 0. The van der Waals surface area contributed by atoms with Gasteiger partial charge in [-0.3, -0.25) is 4.98 Å². The van der Waals surface area contributed by atoms with Crippen molar-refractivity contribution in [3.8, 4) is 5.75 Å². The molecular formula is C25H31Cl2N3O5S2. The Bertz CT molecular complexity index is 1310. The second-order valence-corrected chi connectivity index (χ2v) is 14.7. The Morgan fingerprint density at radius 2 is 1.68 bits per heavy atom. The van der Waals surface area contributed by atoms with Crippen LogP contribution in [0.25, 0.3) is 0 Å². The fourth-order valence-electron chi connectivity index (χ4n) is 6.07. The first-order chi connectivity index (χ1) is 17.7. The first-order valence-electron chi connectivity index (χ1n) is 12.7. The quantitative estimate of drug-likeness (QED) is 0.421. The Balaban J connectivity index is 1.19. The van der Waals surface area contributed by atoms with Gasteiger partial charge in [0.2, 0.25) is 20.0 Å². The van der Waals surface area contributed by atoms with Gasteiger partial charge in [0.15, 0.2) is 0 Å². The van der Waals surface area contributed by atoms with E-state index in [2.05, 4.69) is 4.98 Å². The van der Waals surface area contributed by atoms with Crippen molar-refractivity contribution in [1.29, 1.82) is 0 Å². The maximum atomic E-state index is 13.4. The van der Waals surface area contributed by atoms with Crippen molar-refractivity contribution in [2.45, 2.75) is 80.5 Å². The molecule has 3 fully saturated rings. The molecule has 0 spiro atoms. The lowest BCUT2D eigenvalue weighted by Crippen LogP contribution is -2.50. The van der Waals surface area contributed by atoms with Gasteiger partial charge in [-0.25, -0.2) is 16.8 Å². The van der Waals surface area contributed by atoms with Gasteiger partial charge in [-0.2, -0.15) is 8.61 Å². The van der Waals surface area contributed by atoms with E-state index in [9.17, 15) is 16.8 Å². The molecule has 4 atom stereocenters. The van der Waals surface area contributed by atoms with Crippen molar-refractivity contribution in [1.82, 2.24) is 13.6 Å². The summed E-state index contributed by atoms with van der Waals surface area (Å²) < 4.78 is 62.7. The van der Waals surface area contributed by atoms with Gasteiger partial charge >= 0.3 is 0 Å². The monoisotopic (exact) mass is 587 g/mol. The maximum absolute atomic E-state index is 13.4. The third-order valence-electron chi connectivity index (χ3n) is 7.66. The smallest absolute Gasteiger partial charge is 0.244 e. The minimum absolute atomic E-state index is 0.00498. The molecule has 2 aromatic rings. The van der Waals surface area contributed by atoms with E-state index in [1.807, 2.05) is 12.1 Å². The predicted molar refractivity (Wildman–Crippen MR) is 143 cm³/mol. The van der Waals surface area contributed by atoms with Gasteiger partial charge in [0.05, 0.1) is 15.8 Å². The predicted octanol–water partition coefficient (Wildman–Crippen LogP) is 4.73. The Morgan fingerprint density at radius 1 is 0.973 bits per heavy atom. The van der Waals surface area contributed by atoms with Crippen molar-refractivity contribution >= 4 is 43.2 Å². The zero-order valence-electron chi connectivity index (χ0n) is 20.4. The van der Waals surface area contributed by atoms with E-state index in [0.29, 0.717) is 38.6 Å². The summed E-state index contributed by atoms with van der Waals surface area (Å²) in [6.07, 6.45) is 8.69. The lowest BCUT2D eigenvalue weighted by Gasteiger charge is -2.38. The number of halogens is 2. The van der Waals surface area contributed by atoms with E-state index in [1.54, 1.807) is 28.8 Å². The molecule has 12 heteroatoms. The second kappa shape index (κ2) is 11.0. The van der Waals surface area contributed by atoms with Crippen molar-refractivity contribution in [3.05, 3.63) is 52.8 Å². The molecule has 3 aliphatic heterocycles. The van der Waals surface area contributed by atoms with Crippen LogP contribution < -0.4 is 4.74 Å². The van der Waals surface area contributed by atoms with E-state index in [1.165, 1.54) is 10.4 Å². The number of rotatable bonds is 9. The number of ether oxygens (including phenoxy) is 1. The molecule has 3 saturated heterocycles. The minimum Gasteiger partial charge on any atom is -0.490 e. The molecule has 37 heavy (non-hydrogen) atoms. The summed E-state index contributed by atoms with van der Waals surface area (Å²) in [5.41, 5.74) is 0. The summed E-state index contributed by atoms with van der Waals surface area (Å²) in [5.74, 6) is 0.767. The highest BCUT2D eigenvalue weighted by atomic mass is 35.5. The first-order valence-corrected chi connectivity index (χ1v) is 16.5.